The first-order valence-electron chi connectivity index (χ1n) is 9.85. The summed E-state index contributed by atoms with van der Waals surface area (Å²) in [4.78, 5) is 12.8. The van der Waals surface area contributed by atoms with E-state index in [2.05, 4.69) is 10.4 Å². The molecule has 26 heavy (non-hydrogen) atoms. The molecule has 0 saturated heterocycles. The zero-order valence-electron chi connectivity index (χ0n) is 14.6. The van der Waals surface area contributed by atoms with Gasteiger partial charge in [0.2, 0.25) is 0 Å². The molecule has 5 atom stereocenters. The zero-order chi connectivity index (χ0) is 18.1. The Bertz CT molecular complexity index is 724. The van der Waals surface area contributed by atoms with E-state index in [0.717, 1.165) is 42.0 Å². The van der Waals surface area contributed by atoms with Crippen molar-refractivity contribution in [3.8, 4) is 0 Å². The van der Waals surface area contributed by atoms with Crippen molar-refractivity contribution >= 4 is 5.91 Å². The van der Waals surface area contributed by atoms with E-state index in [0.29, 0.717) is 24.7 Å². The summed E-state index contributed by atoms with van der Waals surface area (Å²) in [6, 6.07) is -0.203. The average Bonchev–Trinajstić information content (AvgIpc) is 3.25. The lowest BCUT2D eigenvalue weighted by atomic mass is 9.80. The lowest BCUT2D eigenvalue weighted by Crippen LogP contribution is -2.41. The summed E-state index contributed by atoms with van der Waals surface area (Å²) in [5, 5.41) is 6.88. The van der Waals surface area contributed by atoms with E-state index in [-0.39, 0.29) is 17.6 Å². The third kappa shape index (κ3) is 2.74. The molecule has 4 saturated carbocycles. The summed E-state index contributed by atoms with van der Waals surface area (Å²) >= 11 is 0. The fraction of sp³-hybridized carbons (Fsp3) is 0.789. The molecule has 0 radical (unpaired) electrons. The summed E-state index contributed by atoms with van der Waals surface area (Å²) in [5.41, 5.74) is -1.19. The molecule has 142 valence electrons. The number of nitrogens with zero attached hydrogens (tertiary/aromatic N) is 2. The van der Waals surface area contributed by atoms with Crippen molar-refractivity contribution < 1.29 is 18.0 Å². The first-order valence-corrected chi connectivity index (χ1v) is 9.85. The molecular weight excluding hydrogens is 343 g/mol. The van der Waals surface area contributed by atoms with E-state index in [9.17, 15) is 18.0 Å². The highest BCUT2D eigenvalue weighted by Crippen LogP contribution is 2.53. The van der Waals surface area contributed by atoms with E-state index in [4.69, 9.17) is 0 Å². The SMILES string of the molecule is O=C(N[C@H]1CCC2CC3CC(C2)[C@H]1C3)c1cnn(C2CC2)c1C(F)(F)F. The largest absolute Gasteiger partial charge is 0.433 e. The molecule has 1 aromatic rings. The van der Waals surface area contributed by atoms with Crippen LogP contribution in [0.5, 0.6) is 0 Å². The number of halogens is 3. The number of amides is 1. The monoisotopic (exact) mass is 367 g/mol. The van der Waals surface area contributed by atoms with Crippen LogP contribution in [0.3, 0.4) is 0 Å². The van der Waals surface area contributed by atoms with Crippen molar-refractivity contribution in [3.63, 3.8) is 0 Å². The maximum absolute atomic E-state index is 13.6. The van der Waals surface area contributed by atoms with Crippen LogP contribution in [0.1, 0.15) is 73.5 Å². The van der Waals surface area contributed by atoms with E-state index in [1.165, 1.54) is 19.3 Å². The molecule has 1 heterocycles. The first kappa shape index (κ1) is 16.6. The van der Waals surface area contributed by atoms with Crippen LogP contribution in [-0.2, 0) is 6.18 Å². The lowest BCUT2D eigenvalue weighted by molar-refractivity contribution is -0.144. The molecule has 1 aromatic heterocycles. The summed E-state index contributed by atoms with van der Waals surface area (Å²) in [6.45, 7) is 0. The highest BCUT2D eigenvalue weighted by atomic mass is 19.4. The third-order valence-corrected chi connectivity index (χ3v) is 7.07. The highest BCUT2D eigenvalue weighted by molar-refractivity contribution is 5.95. The van der Waals surface area contributed by atoms with Crippen LogP contribution in [0.2, 0.25) is 0 Å². The second-order valence-corrected chi connectivity index (χ2v) is 8.84. The Morgan fingerprint density at radius 3 is 2.58 bits per heavy atom. The van der Waals surface area contributed by atoms with Crippen LogP contribution < -0.4 is 5.32 Å². The molecule has 1 amide bonds. The molecule has 4 nitrogen and oxygen atoms in total. The maximum Gasteiger partial charge on any atom is 0.433 e. The second kappa shape index (κ2) is 5.73. The maximum atomic E-state index is 13.6. The minimum Gasteiger partial charge on any atom is -0.349 e. The van der Waals surface area contributed by atoms with Gasteiger partial charge in [0.15, 0.2) is 5.69 Å². The molecule has 4 fully saturated rings. The van der Waals surface area contributed by atoms with E-state index in [1.54, 1.807) is 0 Å². The molecule has 3 unspecified atom stereocenters. The average molecular weight is 367 g/mol. The number of hydrogen-bond donors (Lipinski definition) is 1. The van der Waals surface area contributed by atoms with Gasteiger partial charge in [-0.25, -0.2) is 0 Å². The molecule has 3 bridgehead atoms. The lowest BCUT2D eigenvalue weighted by Gasteiger charge is -2.27. The Morgan fingerprint density at radius 2 is 1.85 bits per heavy atom. The van der Waals surface area contributed by atoms with E-state index >= 15 is 0 Å². The predicted molar refractivity (Wildman–Crippen MR) is 88.4 cm³/mol. The van der Waals surface area contributed by atoms with Gasteiger partial charge in [0.05, 0.1) is 17.8 Å². The van der Waals surface area contributed by atoms with Crippen molar-refractivity contribution in [1.82, 2.24) is 15.1 Å². The molecule has 1 N–H and O–H groups in total. The Balaban J connectivity index is 1.39. The summed E-state index contributed by atoms with van der Waals surface area (Å²) in [5.74, 6) is 1.98. The van der Waals surface area contributed by atoms with Gasteiger partial charge >= 0.3 is 6.18 Å². The first-order chi connectivity index (χ1) is 12.4. The molecular formula is C19H24F3N3O. The van der Waals surface area contributed by atoms with Crippen molar-refractivity contribution in [3.05, 3.63) is 17.5 Å². The van der Waals surface area contributed by atoms with Gasteiger partial charge in [-0.15, -0.1) is 0 Å². The topological polar surface area (TPSA) is 46.9 Å². The van der Waals surface area contributed by atoms with Crippen molar-refractivity contribution in [2.24, 2.45) is 23.7 Å². The molecule has 4 aliphatic rings. The van der Waals surface area contributed by atoms with Crippen molar-refractivity contribution in [2.75, 3.05) is 0 Å². The normalized spacial score (nSPS) is 36.2. The van der Waals surface area contributed by atoms with Crippen LogP contribution in [0, 0.1) is 23.7 Å². The van der Waals surface area contributed by atoms with E-state index < -0.39 is 17.8 Å². The molecule has 5 rings (SSSR count). The van der Waals surface area contributed by atoms with Crippen LogP contribution in [-0.4, -0.2) is 21.7 Å². The van der Waals surface area contributed by atoms with Crippen molar-refractivity contribution in [1.29, 1.82) is 0 Å². The molecule has 7 heteroatoms. The predicted octanol–water partition coefficient (Wildman–Crippen LogP) is 4.18. The van der Waals surface area contributed by atoms with Crippen LogP contribution in [0.25, 0.3) is 0 Å². The quantitative estimate of drug-likeness (QED) is 0.871. The van der Waals surface area contributed by atoms with Gasteiger partial charge in [-0.05, 0) is 75.0 Å². The Labute approximate surface area is 150 Å². The van der Waals surface area contributed by atoms with Gasteiger partial charge in [-0.1, -0.05) is 0 Å². The molecule has 0 aliphatic heterocycles. The fourth-order valence-corrected chi connectivity index (χ4v) is 5.93. The molecule has 0 spiro atoms. The summed E-state index contributed by atoms with van der Waals surface area (Å²) in [6.07, 6.45) is 4.82. The van der Waals surface area contributed by atoms with Gasteiger partial charge in [0.1, 0.15) is 0 Å². The second-order valence-electron chi connectivity index (χ2n) is 8.84. The number of fused-ring (bicyclic) bond motifs is 2. The summed E-state index contributed by atoms with van der Waals surface area (Å²) in [7, 11) is 0. The number of rotatable bonds is 3. The Hall–Kier alpha value is -1.53. The number of carbonyl (C=O) groups is 1. The van der Waals surface area contributed by atoms with Gasteiger partial charge in [0, 0.05) is 6.04 Å². The van der Waals surface area contributed by atoms with E-state index in [1.807, 2.05) is 0 Å². The van der Waals surface area contributed by atoms with Crippen molar-refractivity contribution in [2.45, 2.75) is 69.6 Å². The van der Waals surface area contributed by atoms with Crippen LogP contribution in [0.4, 0.5) is 13.2 Å². The number of nitrogens with one attached hydrogen (secondary N) is 1. The van der Waals surface area contributed by atoms with Crippen LogP contribution in [0.15, 0.2) is 6.20 Å². The third-order valence-electron chi connectivity index (χ3n) is 7.07. The van der Waals surface area contributed by atoms with Gasteiger partial charge < -0.3 is 5.32 Å². The smallest absolute Gasteiger partial charge is 0.349 e. The van der Waals surface area contributed by atoms with Gasteiger partial charge in [-0.3, -0.25) is 9.48 Å². The highest BCUT2D eigenvalue weighted by Gasteiger charge is 2.48. The van der Waals surface area contributed by atoms with Gasteiger partial charge in [0.25, 0.3) is 5.91 Å². The standard InChI is InChI=1S/C19H24F3N3O/c20-19(21,22)17-15(9-23-25(17)13-2-3-13)18(26)24-16-4-1-10-5-11-7-12(6-10)14(16)8-11/h9-14,16H,1-8H2,(H,24,26)/t10?,11?,12?,14-,16+/m1/s1. The number of hydrogen-bond acceptors (Lipinski definition) is 2. The number of aromatic nitrogens is 2. The number of alkyl halides is 3. The van der Waals surface area contributed by atoms with Gasteiger partial charge in [-0.2, -0.15) is 18.3 Å². The minimum absolute atomic E-state index is 0.00755. The zero-order valence-corrected chi connectivity index (χ0v) is 14.6. The Morgan fingerprint density at radius 1 is 1.08 bits per heavy atom. The van der Waals surface area contributed by atoms with Crippen LogP contribution >= 0.6 is 0 Å². The fourth-order valence-electron chi connectivity index (χ4n) is 5.93. The molecule has 4 aliphatic carbocycles. The summed E-state index contributed by atoms with van der Waals surface area (Å²) < 4.78 is 41.7. The minimum atomic E-state index is -4.56. The number of carbonyl (C=O) groups excluding carboxylic acids is 1. The molecule has 0 aromatic carbocycles. The Kier molecular flexibility index (Phi) is 3.67.